The summed E-state index contributed by atoms with van der Waals surface area (Å²) in [5.41, 5.74) is 7.33. The summed E-state index contributed by atoms with van der Waals surface area (Å²) in [7, 11) is 0. The van der Waals surface area contributed by atoms with Gasteiger partial charge in [0.1, 0.15) is 0 Å². The van der Waals surface area contributed by atoms with Gasteiger partial charge in [0.05, 0.1) is 13.0 Å². The normalized spacial score (nSPS) is 10.1. The molecule has 0 spiro atoms. The summed E-state index contributed by atoms with van der Waals surface area (Å²) in [4.78, 5) is 34.7. The van der Waals surface area contributed by atoms with Gasteiger partial charge in [-0.2, -0.15) is 0 Å². The van der Waals surface area contributed by atoms with Crippen molar-refractivity contribution in [2.45, 2.75) is 25.7 Å². The first-order chi connectivity index (χ1) is 13.9. The second-order valence-corrected chi connectivity index (χ2v) is 6.66. The van der Waals surface area contributed by atoms with Crippen molar-refractivity contribution in [3.63, 3.8) is 0 Å². The lowest BCUT2D eigenvalue weighted by Crippen LogP contribution is -2.34. The number of esters is 1. The summed E-state index contributed by atoms with van der Waals surface area (Å²) < 4.78 is 5.14. The first-order valence-electron chi connectivity index (χ1n) is 9.14. The molecule has 0 saturated carbocycles. The molecular formula is C21H23N3O4S. The van der Waals surface area contributed by atoms with Crippen LogP contribution in [0.15, 0.2) is 54.6 Å². The molecule has 0 unspecified atom stereocenters. The van der Waals surface area contributed by atoms with Gasteiger partial charge >= 0.3 is 5.97 Å². The van der Waals surface area contributed by atoms with Crippen molar-refractivity contribution in [3.8, 4) is 0 Å². The van der Waals surface area contributed by atoms with E-state index in [1.54, 1.807) is 24.3 Å². The van der Waals surface area contributed by atoms with Gasteiger partial charge in [0.25, 0.3) is 0 Å². The molecule has 152 valence electrons. The van der Waals surface area contributed by atoms with Gasteiger partial charge in [0.2, 0.25) is 11.8 Å². The highest BCUT2D eigenvalue weighted by Crippen LogP contribution is 2.09. The van der Waals surface area contributed by atoms with Crippen molar-refractivity contribution in [3.05, 3.63) is 65.7 Å². The molecule has 29 heavy (non-hydrogen) atoms. The first kappa shape index (κ1) is 22.0. The van der Waals surface area contributed by atoms with Crippen LogP contribution in [0.1, 0.15) is 35.2 Å². The maximum atomic E-state index is 11.9. The molecule has 0 aromatic heterocycles. The van der Waals surface area contributed by atoms with Crippen molar-refractivity contribution in [1.82, 2.24) is 5.32 Å². The Balaban J connectivity index is 1.61. The van der Waals surface area contributed by atoms with Gasteiger partial charge in [-0.25, -0.2) is 0 Å². The summed E-state index contributed by atoms with van der Waals surface area (Å²) >= 11 is 5.06. The Bertz CT molecular complexity index is 854. The molecular weight excluding hydrogens is 390 g/mol. The fourth-order valence-electron chi connectivity index (χ4n) is 2.46. The number of thiocarbonyl (C=S) groups is 1. The van der Waals surface area contributed by atoms with Crippen LogP contribution in [-0.4, -0.2) is 29.5 Å². The second kappa shape index (κ2) is 11.6. The molecule has 4 N–H and O–H groups in total. The molecule has 0 aliphatic rings. The summed E-state index contributed by atoms with van der Waals surface area (Å²) in [6, 6.07) is 16.3. The molecule has 2 aromatic rings. The van der Waals surface area contributed by atoms with Crippen LogP contribution >= 0.6 is 12.2 Å². The van der Waals surface area contributed by atoms with E-state index in [-0.39, 0.29) is 18.0 Å². The highest BCUT2D eigenvalue weighted by Gasteiger charge is 2.10. The highest BCUT2D eigenvalue weighted by atomic mass is 32.1. The Labute approximate surface area is 174 Å². The van der Waals surface area contributed by atoms with E-state index in [1.807, 2.05) is 30.3 Å². The van der Waals surface area contributed by atoms with E-state index in [4.69, 9.17) is 22.7 Å². The summed E-state index contributed by atoms with van der Waals surface area (Å²) in [6.07, 6.45) is 1.51. The standard InChI is InChI=1S/C21H23N3O4S/c22-20(27)16-8-10-17(11-9-16)23-21(29)24-18(25)12-13-19(26)28-14-4-7-15-5-2-1-3-6-15/h1-3,5-6,8-11H,4,7,12-14H2,(H2,22,27)(H2,23,24,25,29). The topological polar surface area (TPSA) is 111 Å². The quantitative estimate of drug-likeness (QED) is 0.331. The number of nitrogens with two attached hydrogens (primary N) is 1. The number of carbonyl (C=O) groups is 3. The molecule has 0 fully saturated rings. The number of ether oxygens (including phenoxy) is 1. The molecule has 0 bridgehead atoms. The van der Waals surface area contributed by atoms with Gasteiger partial charge in [-0.05, 0) is 54.9 Å². The van der Waals surface area contributed by atoms with E-state index < -0.39 is 17.8 Å². The molecule has 2 rings (SSSR count). The van der Waals surface area contributed by atoms with Crippen molar-refractivity contribution in [1.29, 1.82) is 0 Å². The van der Waals surface area contributed by atoms with E-state index in [1.165, 1.54) is 5.56 Å². The van der Waals surface area contributed by atoms with Gasteiger partial charge in [-0.15, -0.1) is 0 Å². The third-order valence-corrected chi connectivity index (χ3v) is 4.16. The number of nitrogens with one attached hydrogen (secondary N) is 2. The van der Waals surface area contributed by atoms with Crippen LogP contribution in [0.4, 0.5) is 5.69 Å². The second-order valence-electron chi connectivity index (χ2n) is 6.25. The molecule has 0 radical (unpaired) electrons. The lowest BCUT2D eigenvalue weighted by Gasteiger charge is -2.10. The van der Waals surface area contributed by atoms with Crippen LogP contribution in [0.25, 0.3) is 0 Å². The van der Waals surface area contributed by atoms with Crippen LogP contribution in [0.3, 0.4) is 0 Å². The molecule has 0 heterocycles. The van der Waals surface area contributed by atoms with E-state index in [9.17, 15) is 14.4 Å². The largest absolute Gasteiger partial charge is 0.466 e. The third-order valence-electron chi connectivity index (χ3n) is 3.95. The first-order valence-corrected chi connectivity index (χ1v) is 9.55. The number of amides is 2. The summed E-state index contributed by atoms with van der Waals surface area (Å²) in [5, 5.41) is 5.40. The minimum absolute atomic E-state index is 0.0207. The zero-order valence-corrected chi connectivity index (χ0v) is 16.7. The number of benzene rings is 2. The molecule has 0 aliphatic heterocycles. The van der Waals surface area contributed by atoms with Crippen molar-refractivity contribution < 1.29 is 19.1 Å². The lowest BCUT2D eigenvalue weighted by atomic mass is 10.1. The average Bonchev–Trinajstić information content (AvgIpc) is 2.71. The van der Waals surface area contributed by atoms with Gasteiger partial charge in [-0.3, -0.25) is 14.4 Å². The number of carbonyl (C=O) groups excluding carboxylic acids is 3. The van der Waals surface area contributed by atoms with Gasteiger partial charge in [0, 0.05) is 17.7 Å². The summed E-state index contributed by atoms with van der Waals surface area (Å²) in [5.74, 6) is -1.34. The van der Waals surface area contributed by atoms with Gasteiger partial charge in [0.15, 0.2) is 5.11 Å². The smallest absolute Gasteiger partial charge is 0.306 e. The lowest BCUT2D eigenvalue weighted by molar-refractivity contribution is -0.145. The minimum atomic E-state index is -0.528. The molecule has 2 aromatic carbocycles. The van der Waals surface area contributed by atoms with Crippen LogP contribution in [0, 0.1) is 0 Å². The fourth-order valence-corrected chi connectivity index (χ4v) is 2.70. The fraction of sp³-hybridized carbons (Fsp3) is 0.238. The van der Waals surface area contributed by atoms with Crippen LogP contribution in [-0.2, 0) is 20.7 Å². The van der Waals surface area contributed by atoms with Crippen molar-refractivity contribution in [2.24, 2.45) is 5.73 Å². The minimum Gasteiger partial charge on any atom is -0.466 e. The monoisotopic (exact) mass is 413 g/mol. The van der Waals surface area contributed by atoms with E-state index >= 15 is 0 Å². The Morgan fingerprint density at radius 2 is 1.66 bits per heavy atom. The molecule has 8 heteroatoms. The number of anilines is 1. The Morgan fingerprint density at radius 1 is 0.966 bits per heavy atom. The maximum Gasteiger partial charge on any atom is 0.306 e. The average molecular weight is 413 g/mol. The third kappa shape index (κ3) is 8.52. The molecule has 7 nitrogen and oxygen atoms in total. The Kier molecular flexibility index (Phi) is 8.78. The summed E-state index contributed by atoms with van der Waals surface area (Å²) in [6.45, 7) is 0.316. The van der Waals surface area contributed by atoms with E-state index in [2.05, 4.69) is 10.6 Å². The van der Waals surface area contributed by atoms with Crippen LogP contribution < -0.4 is 16.4 Å². The number of rotatable bonds is 9. The molecule has 2 amide bonds. The predicted molar refractivity (Wildman–Crippen MR) is 114 cm³/mol. The van der Waals surface area contributed by atoms with E-state index in [0.717, 1.165) is 12.8 Å². The van der Waals surface area contributed by atoms with Gasteiger partial charge in [-0.1, -0.05) is 30.3 Å². The van der Waals surface area contributed by atoms with Gasteiger partial charge < -0.3 is 21.1 Å². The van der Waals surface area contributed by atoms with Crippen molar-refractivity contribution >= 4 is 40.8 Å². The number of aryl methyl sites for hydroxylation is 1. The highest BCUT2D eigenvalue weighted by molar-refractivity contribution is 7.80. The Hall–Kier alpha value is -3.26. The Morgan fingerprint density at radius 3 is 2.31 bits per heavy atom. The molecule has 0 aliphatic carbocycles. The van der Waals surface area contributed by atoms with Crippen LogP contribution in [0.2, 0.25) is 0 Å². The zero-order valence-electron chi connectivity index (χ0n) is 15.9. The molecule has 0 atom stereocenters. The van der Waals surface area contributed by atoms with E-state index in [0.29, 0.717) is 17.9 Å². The number of primary amides is 1. The maximum absolute atomic E-state index is 11.9. The number of hydrogen-bond acceptors (Lipinski definition) is 5. The SMILES string of the molecule is NC(=O)c1ccc(NC(=S)NC(=O)CCC(=O)OCCCc2ccccc2)cc1. The van der Waals surface area contributed by atoms with Crippen LogP contribution in [0.5, 0.6) is 0 Å². The predicted octanol–water partition coefficient (Wildman–Crippen LogP) is 2.55. The number of hydrogen-bond donors (Lipinski definition) is 3. The van der Waals surface area contributed by atoms with Crippen molar-refractivity contribution in [2.75, 3.05) is 11.9 Å². The zero-order chi connectivity index (χ0) is 21.1. The molecule has 0 saturated heterocycles.